The monoisotopic (exact) mass is 583 g/mol. The Morgan fingerprint density at radius 3 is 2.31 bits per heavy atom. The highest BCUT2D eigenvalue weighted by molar-refractivity contribution is 6.11. The van der Waals surface area contributed by atoms with Gasteiger partial charge in [0.1, 0.15) is 0 Å². The van der Waals surface area contributed by atoms with Gasteiger partial charge in [-0.3, -0.25) is 14.5 Å². The molecule has 42 heavy (non-hydrogen) atoms. The number of carbonyl (C=O) groups excluding carboxylic acids is 2. The maximum atomic E-state index is 14.6. The van der Waals surface area contributed by atoms with Gasteiger partial charge in [0.15, 0.2) is 11.3 Å². The number of nitrogens with two attached hydrogens (primary N) is 1. The number of Topliss-reactive ketones (excluding diaryl/α,β-unsaturated/α-hetero) is 1. The molecule has 2 saturated heterocycles. The Morgan fingerprint density at radius 1 is 1.00 bits per heavy atom. The third-order valence-electron chi connectivity index (χ3n) is 9.22. The molecule has 2 unspecified atom stereocenters. The highest BCUT2D eigenvalue weighted by atomic mass is 19.4. The van der Waals surface area contributed by atoms with Crippen molar-refractivity contribution in [2.24, 2.45) is 5.73 Å². The summed E-state index contributed by atoms with van der Waals surface area (Å²) in [5.74, 6) is -1.01. The van der Waals surface area contributed by atoms with E-state index >= 15 is 0 Å². The molecule has 3 heterocycles. The predicted molar refractivity (Wildman–Crippen MR) is 157 cm³/mol. The van der Waals surface area contributed by atoms with Crippen molar-refractivity contribution in [2.45, 2.75) is 69.4 Å². The summed E-state index contributed by atoms with van der Waals surface area (Å²) in [7, 11) is 1.45. The summed E-state index contributed by atoms with van der Waals surface area (Å²) in [6, 6.07) is 12.1. The van der Waals surface area contributed by atoms with Crippen LogP contribution in [0.2, 0.25) is 0 Å². The minimum Gasteiger partial charge on any atom is -0.361 e. The van der Waals surface area contributed by atoms with Crippen LogP contribution < -0.4 is 5.73 Å². The fourth-order valence-electron chi connectivity index (χ4n) is 7.05. The number of nitrogens with zero attached hydrogens (tertiary/aromatic N) is 3. The van der Waals surface area contributed by atoms with Crippen molar-refractivity contribution in [3.8, 4) is 0 Å². The number of benzene rings is 2. The zero-order valence-corrected chi connectivity index (χ0v) is 24.3. The topological polar surface area (TPSA) is 85.7 Å². The summed E-state index contributed by atoms with van der Waals surface area (Å²) < 4.78 is 41.4. The molecule has 1 aromatic heterocycles. The van der Waals surface area contributed by atoms with E-state index in [1.165, 1.54) is 56.3 Å². The van der Waals surface area contributed by atoms with E-state index in [1.54, 1.807) is 6.20 Å². The van der Waals surface area contributed by atoms with Gasteiger partial charge in [0.2, 0.25) is 0 Å². The van der Waals surface area contributed by atoms with Crippen molar-refractivity contribution >= 4 is 22.6 Å². The smallest absolute Gasteiger partial charge is 0.361 e. The lowest BCUT2D eigenvalue weighted by atomic mass is 9.77. The molecule has 2 aromatic carbocycles. The van der Waals surface area contributed by atoms with Crippen molar-refractivity contribution in [1.29, 1.82) is 0 Å². The third kappa shape index (κ3) is 5.59. The van der Waals surface area contributed by atoms with Crippen molar-refractivity contribution in [3.05, 3.63) is 71.4 Å². The molecule has 1 amide bonds. The number of H-pyrrole nitrogens is 1. The van der Waals surface area contributed by atoms with E-state index in [0.29, 0.717) is 24.7 Å². The zero-order chi connectivity index (χ0) is 30.1. The van der Waals surface area contributed by atoms with Gasteiger partial charge in [0, 0.05) is 49.8 Å². The Morgan fingerprint density at radius 2 is 1.64 bits per heavy atom. The number of piperidine rings is 2. The Kier molecular flexibility index (Phi) is 8.78. The fourth-order valence-corrected chi connectivity index (χ4v) is 7.05. The van der Waals surface area contributed by atoms with Crippen molar-refractivity contribution < 1.29 is 22.8 Å². The molecule has 0 saturated carbocycles. The number of aromatic amines is 1. The van der Waals surface area contributed by atoms with Gasteiger partial charge in [-0.05, 0) is 69.0 Å². The van der Waals surface area contributed by atoms with Gasteiger partial charge >= 0.3 is 6.18 Å². The lowest BCUT2D eigenvalue weighted by molar-refractivity contribution is -0.156. The molecule has 0 radical (unpaired) electrons. The summed E-state index contributed by atoms with van der Waals surface area (Å²) in [4.78, 5) is 37.3. The molecule has 3 aromatic rings. The normalized spacial score (nSPS) is 19.9. The minimum atomic E-state index is -4.57. The van der Waals surface area contributed by atoms with Crippen LogP contribution in [-0.4, -0.2) is 76.2 Å². The molecule has 5 rings (SSSR count). The Balaban J connectivity index is 1.52. The second-order valence-electron chi connectivity index (χ2n) is 11.7. The van der Waals surface area contributed by atoms with E-state index in [2.05, 4.69) is 9.88 Å². The summed E-state index contributed by atoms with van der Waals surface area (Å²) in [5.41, 5.74) is 5.81. The molecule has 2 aliphatic rings. The highest BCUT2D eigenvalue weighted by Gasteiger charge is 2.56. The number of aromatic nitrogens is 1. The molecule has 0 aliphatic carbocycles. The first kappa shape index (κ1) is 30.3. The predicted octanol–water partition coefficient (Wildman–Crippen LogP) is 5.12. The fraction of sp³-hybridized carbons (Fsp3) is 0.500. The molecular formula is C32H40F3N5O2. The number of carbonyl (C=O) groups is 2. The van der Waals surface area contributed by atoms with Crippen molar-refractivity contribution in [2.75, 3.05) is 33.2 Å². The number of likely N-dealkylation sites (tertiary alicyclic amines) is 2. The first-order chi connectivity index (χ1) is 20.0. The SMILES string of the molecule is CC(=O)C(C(=O)N(C)Cc1ccccc1C(F)(F)F)(C(N)c1c[nH]c2ccccc12)N1CCC(N2CCCCC2)CC1. The number of hydrogen-bond donors (Lipinski definition) is 2. The Hall–Kier alpha value is -3.21. The number of likely N-dealkylation sites (N-methyl/N-ethyl adjacent to an activating group) is 1. The number of para-hydroxylation sites is 1. The second kappa shape index (κ2) is 12.2. The number of nitrogens with one attached hydrogen (secondary N) is 1. The zero-order valence-electron chi connectivity index (χ0n) is 24.3. The van der Waals surface area contributed by atoms with Crippen LogP contribution in [0.3, 0.4) is 0 Å². The van der Waals surface area contributed by atoms with Gasteiger partial charge in [0.05, 0.1) is 11.6 Å². The van der Waals surface area contributed by atoms with Gasteiger partial charge in [-0.25, -0.2) is 0 Å². The van der Waals surface area contributed by atoms with Crippen LogP contribution in [0.15, 0.2) is 54.7 Å². The molecule has 7 nitrogen and oxygen atoms in total. The van der Waals surface area contributed by atoms with Crippen molar-refractivity contribution in [3.63, 3.8) is 0 Å². The molecule has 10 heteroatoms. The molecule has 2 atom stereocenters. The molecule has 3 N–H and O–H groups in total. The quantitative estimate of drug-likeness (QED) is 0.360. The molecular weight excluding hydrogens is 543 g/mol. The number of halogens is 3. The van der Waals surface area contributed by atoms with Gasteiger partial charge < -0.3 is 20.5 Å². The minimum absolute atomic E-state index is 0.0391. The van der Waals surface area contributed by atoms with Crippen LogP contribution in [0.25, 0.3) is 10.9 Å². The number of alkyl halides is 3. The molecule has 0 bridgehead atoms. The maximum Gasteiger partial charge on any atom is 0.416 e. The summed E-state index contributed by atoms with van der Waals surface area (Å²) in [5, 5.41) is 0.802. The average Bonchev–Trinajstić information content (AvgIpc) is 3.42. The number of fused-ring (bicyclic) bond motifs is 1. The van der Waals surface area contributed by atoms with Gasteiger partial charge in [-0.15, -0.1) is 0 Å². The van der Waals surface area contributed by atoms with Crippen molar-refractivity contribution in [1.82, 2.24) is 19.7 Å². The standard InChI is InChI=1S/C32H40F3N5O2/c1-22(41)31(29(36)26-20-37-28-13-7-5-11-25(26)28,40-18-14-24(15-19-40)39-16-8-3-9-17-39)30(42)38(2)21-23-10-4-6-12-27(23)32(33,34)35/h4-7,10-13,20,24,29,37H,3,8-9,14-19,21,36H2,1-2H3. The number of hydrogen-bond acceptors (Lipinski definition) is 5. The lowest BCUT2D eigenvalue weighted by Crippen LogP contribution is -2.69. The largest absolute Gasteiger partial charge is 0.416 e. The maximum absolute atomic E-state index is 14.6. The van der Waals surface area contributed by atoms with E-state index in [1.807, 2.05) is 29.2 Å². The van der Waals surface area contributed by atoms with Gasteiger partial charge in [0.25, 0.3) is 5.91 Å². The van der Waals surface area contributed by atoms with Crippen LogP contribution in [0.1, 0.15) is 61.8 Å². The molecule has 2 fully saturated rings. The molecule has 226 valence electrons. The van der Waals surface area contributed by atoms with E-state index in [-0.39, 0.29) is 12.1 Å². The van der Waals surface area contributed by atoms with E-state index in [0.717, 1.165) is 42.9 Å². The van der Waals surface area contributed by atoms with Gasteiger partial charge in [-0.1, -0.05) is 42.8 Å². The number of ketones is 1. The highest BCUT2D eigenvalue weighted by Crippen LogP contribution is 2.39. The first-order valence-corrected chi connectivity index (χ1v) is 14.8. The third-order valence-corrected chi connectivity index (χ3v) is 9.22. The first-order valence-electron chi connectivity index (χ1n) is 14.8. The molecule has 2 aliphatic heterocycles. The second-order valence-corrected chi connectivity index (χ2v) is 11.7. The average molecular weight is 584 g/mol. The summed E-state index contributed by atoms with van der Waals surface area (Å²) >= 11 is 0. The lowest BCUT2D eigenvalue weighted by Gasteiger charge is -2.50. The van der Waals surface area contributed by atoms with Crippen LogP contribution in [0, 0.1) is 0 Å². The van der Waals surface area contributed by atoms with E-state index in [4.69, 9.17) is 5.73 Å². The van der Waals surface area contributed by atoms with Crippen LogP contribution in [-0.2, 0) is 22.3 Å². The van der Waals surface area contributed by atoms with Crippen LogP contribution in [0.5, 0.6) is 0 Å². The summed E-state index contributed by atoms with van der Waals surface area (Å²) in [6.45, 7) is 4.13. The van der Waals surface area contributed by atoms with Gasteiger partial charge in [-0.2, -0.15) is 13.2 Å². The molecule has 0 spiro atoms. The van der Waals surface area contributed by atoms with E-state index in [9.17, 15) is 22.8 Å². The van der Waals surface area contributed by atoms with Crippen LogP contribution in [0.4, 0.5) is 13.2 Å². The van der Waals surface area contributed by atoms with Crippen LogP contribution >= 0.6 is 0 Å². The number of rotatable bonds is 8. The van der Waals surface area contributed by atoms with E-state index < -0.39 is 35.0 Å². The number of amides is 1. The summed E-state index contributed by atoms with van der Waals surface area (Å²) in [6.07, 6.45) is 2.31. The Labute approximate surface area is 244 Å². The Bertz CT molecular complexity index is 1410.